The first-order chi connectivity index (χ1) is 8.65. The Morgan fingerprint density at radius 3 is 3.06 bits per heavy atom. The van der Waals surface area contributed by atoms with Gasteiger partial charge in [0.05, 0.1) is 0 Å². The number of pyridine rings is 1. The number of nitrogens with zero attached hydrogens (tertiary/aromatic N) is 3. The molecule has 7 heteroatoms. The second-order valence-corrected chi connectivity index (χ2v) is 5.61. The summed E-state index contributed by atoms with van der Waals surface area (Å²) in [6, 6.07) is 3.73. The second kappa shape index (κ2) is 5.92. The van der Waals surface area contributed by atoms with Gasteiger partial charge >= 0.3 is 0 Å². The molecule has 0 saturated carbocycles. The van der Waals surface area contributed by atoms with Crippen molar-refractivity contribution in [3.8, 4) is 10.6 Å². The Kier molecular flexibility index (Phi) is 4.27. The van der Waals surface area contributed by atoms with Crippen LogP contribution in [-0.4, -0.2) is 26.3 Å². The molecule has 5 nitrogen and oxygen atoms in total. The van der Waals surface area contributed by atoms with Crippen molar-refractivity contribution in [3.63, 3.8) is 0 Å². The topological polar surface area (TPSA) is 67.8 Å². The summed E-state index contributed by atoms with van der Waals surface area (Å²) >= 11 is 5.49. The van der Waals surface area contributed by atoms with E-state index < -0.39 is 0 Å². The summed E-state index contributed by atoms with van der Waals surface area (Å²) in [4.78, 5) is 15.5. The average molecular weight is 280 g/mol. The fourth-order valence-corrected chi connectivity index (χ4v) is 2.23. The van der Waals surface area contributed by atoms with Crippen LogP contribution in [0.5, 0.6) is 0 Å². The molecule has 18 heavy (non-hydrogen) atoms. The van der Waals surface area contributed by atoms with Crippen molar-refractivity contribution >= 4 is 35.0 Å². The van der Waals surface area contributed by atoms with Gasteiger partial charge in [0.25, 0.3) is 0 Å². The molecule has 1 amide bonds. The number of nitrogens with one attached hydrogen (secondary N) is 1. The number of hydrogen-bond acceptors (Lipinski definition) is 6. The summed E-state index contributed by atoms with van der Waals surface area (Å²) in [5, 5.41) is 11.9. The fourth-order valence-electron chi connectivity index (χ4n) is 1.32. The third-order valence-electron chi connectivity index (χ3n) is 2.06. The van der Waals surface area contributed by atoms with Crippen molar-refractivity contribution in [2.45, 2.75) is 18.6 Å². The van der Waals surface area contributed by atoms with Crippen molar-refractivity contribution in [1.29, 1.82) is 0 Å². The van der Waals surface area contributed by atoms with Crippen molar-refractivity contribution in [1.82, 2.24) is 15.2 Å². The van der Waals surface area contributed by atoms with E-state index in [1.807, 2.05) is 19.1 Å². The predicted molar refractivity (Wildman–Crippen MR) is 74.8 cm³/mol. The fraction of sp³-hybridized carbons (Fsp3) is 0.273. The van der Waals surface area contributed by atoms with Crippen LogP contribution < -0.4 is 5.32 Å². The van der Waals surface area contributed by atoms with E-state index in [2.05, 4.69) is 33.1 Å². The first kappa shape index (κ1) is 13.0. The molecule has 0 saturated heterocycles. The lowest BCUT2D eigenvalue weighted by Gasteiger charge is -2.02. The molecule has 0 radical (unpaired) electrons. The number of carbonyl (C=O) groups excluding carboxylic acids is 1. The summed E-state index contributed by atoms with van der Waals surface area (Å²) in [5.74, 6) is -0.105. The predicted octanol–water partition coefficient (Wildman–Crippen LogP) is 2.25. The molecule has 1 unspecified atom stereocenters. The highest BCUT2D eigenvalue weighted by atomic mass is 32.1. The van der Waals surface area contributed by atoms with E-state index in [1.54, 1.807) is 12.4 Å². The molecule has 0 aromatic carbocycles. The van der Waals surface area contributed by atoms with Crippen LogP contribution in [0.3, 0.4) is 0 Å². The minimum absolute atomic E-state index is 0.0238. The van der Waals surface area contributed by atoms with Gasteiger partial charge in [0.1, 0.15) is 0 Å². The third kappa shape index (κ3) is 3.51. The maximum atomic E-state index is 11.5. The van der Waals surface area contributed by atoms with Crippen LogP contribution in [-0.2, 0) is 4.79 Å². The zero-order valence-electron chi connectivity index (χ0n) is 9.70. The number of aromatic nitrogens is 3. The smallest absolute Gasteiger partial charge is 0.227 e. The molecular weight excluding hydrogens is 268 g/mol. The number of carbonyl (C=O) groups is 1. The Morgan fingerprint density at radius 1 is 1.56 bits per heavy atom. The molecule has 2 aromatic heterocycles. The summed E-state index contributed by atoms with van der Waals surface area (Å²) in [5.41, 5.74) is 0.887. The maximum Gasteiger partial charge on any atom is 0.227 e. The highest BCUT2D eigenvalue weighted by Crippen LogP contribution is 2.25. The molecule has 0 fully saturated rings. The number of thiol groups is 1. The number of amides is 1. The molecule has 0 aliphatic rings. The van der Waals surface area contributed by atoms with E-state index in [4.69, 9.17) is 0 Å². The average Bonchev–Trinajstić information content (AvgIpc) is 2.77. The molecule has 0 aliphatic heterocycles. The normalized spacial score (nSPS) is 12.1. The van der Waals surface area contributed by atoms with Crippen LogP contribution in [0.4, 0.5) is 5.13 Å². The maximum absolute atomic E-state index is 11.5. The van der Waals surface area contributed by atoms with Gasteiger partial charge in [-0.05, 0) is 12.1 Å². The number of hydrogen-bond donors (Lipinski definition) is 2. The summed E-state index contributed by atoms with van der Waals surface area (Å²) in [6.07, 6.45) is 3.76. The first-order valence-corrected chi connectivity index (χ1v) is 6.70. The Hall–Kier alpha value is -1.47. The Bertz CT molecular complexity index is 527. The highest BCUT2D eigenvalue weighted by molar-refractivity contribution is 7.80. The van der Waals surface area contributed by atoms with Gasteiger partial charge in [0.15, 0.2) is 5.01 Å². The minimum atomic E-state index is -0.105. The van der Waals surface area contributed by atoms with Gasteiger partial charge in [-0.2, -0.15) is 12.6 Å². The van der Waals surface area contributed by atoms with Crippen LogP contribution in [0, 0.1) is 0 Å². The van der Waals surface area contributed by atoms with E-state index >= 15 is 0 Å². The lowest BCUT2D eigenvalue weighted by Crippen LogP contribution is -2.14. The van der Waals surface area contributed by atoms with E-state index in [1.165, 1.54) is 11.3 Å². The monoisotopic (exact) mass is 280 g/mol. The van der Waals surface area contributed by atoms with E-state index in [0.717, 1.165) is 10.6 Å². The summed E-state index contributed by atoms with van der Waals surface area (Å²) in [7, 11) is 0. The van der Waals surface area contributed by atoms with Crippen LogP contribution >= 0.6 is 24.0 Å². The first-order valence-electron chi connectivity index (χ1n) is 5.37. The van der Waals surface area contributed by atoms with Crippen LogP contribution in [0.2, 0.25) is 0 Å². The van der Waals surface area contributed by atoms with Gasteiger partial charge in [0, 0.05) is 29.6 Å². The van der Waals surface area contributed by atoms with Crippen LogP contribution in [0.15, 0.2) is 24.5 Å². The van der Waals surface area contributed by atoms with Gasteiger partial charge in [-0.1, -0.05) is 18.3 Å². The van der Waals surface area contributed by atoms with Gasteiger partial charge in [-0.15, -0.1) is 10.2 Å². The Balaban J connectivity index is 2.05. The summed E-state index contributed by atoms with van der Waals surface area (Å²) < 4.78 is 0. The molecule has 0 spiro atoms. The molecule has 2 rings (SSSR count). The van der Waals surface area contributed by atoms with Crippen molar-refractivity contribution in [3.05, 3.63) is 24.5 Å². The lowest BCUT2D eigenvalue weighted by atomic mass is 10.3. The third-order valence-corrected chi connectivity index (χ3v) is 3.13. The lowest BCUT2D eigenvalue weighted by molar-refractivity contribution is -0.116. The van der Waals surface area contributed by atoms with E-state index in [0.29, 0.717) is 11.6 Å². The van der Waals surface area contributed by atoms with Crippen LogP contribution in [0.25, 0.3) is 10.6 Å². The van der Waals surface area contributed by atoms with Gasteiger partial charge < -0.3 is 5.32 Å². The second-order valence-electron chi connectivity index (χ2n) is 3.76. The van der Waals surface area contributed by atoms with Gasteiger partial charge in [-0.3, -0.25) is 9.78 Å². The number of anilines is 1. The molecule has 0 aliphatic carbocycles. The molecule has 2 heterocycles. The highest BCUT2D eigenvalue weighted by Gasteiger charge is 2.10. The molecule has 1 atom stereocenters. The number of rotatable bonds is 4. The quantitative estimate of drug-likeness (QED) is 0.843. The standard InChI is InChI=1S/C11H12N4OS2/c1-7(17)5-9(16)13-11-15-14-10(18-11)8-3-2-4-12-6-8/h2-4,6-7,17H,5H2,1H3,(H,13,15,16). The van der Waals surface area contributed by atoms with Crippen LogP contribution in [0.1, 0.15) is 13.3 Å². The van der Waals surface area contributed by atoms with Gasteiger partial charge in [-0.25, -0.2) is 0 Å². The van der Waals surface area contributed by atoms with Crippen molar-refractivity contribution < 1.29 is 4.79 Å². The van der Waals surface area contributed by atoms with E-state index in [9.17, 15) is 4.79 Å². The Labute approximate surface area is 114 Å². The SMILES string of the molecule is CC(S)CC(=O)Nc1nnc(-c2cccnc2)s1. The van der Waals surface area contributed by atoms with Gasteiger partial charge in [0.2, 0.25) is 11.0 Å². The summed E-state index contributed by atoms with van der Waals surface area (Å²) in [6.45, 7) is 1.86. The molecule has 2 aromatic rings. The molecule has 94 valence electrons. The minimum Gasteiger partial charge on any atom is -0.300 e. The van der Waals surface area contributed by atoms with Crippen molar-refractivity contribution in [2.75, 3.05) is 5.32 Å². The molecular formula is C11H12N4OS2. The van der Waals surface area contributed by atoms with E-state index in [-0.39, 0.29) is 11.2 Å². The zero-order valence-corrected chi connectivity index (χ0v) is 11.4. The largest absolute Gasteiger partial charge is 0.300 e. The molecule has 1 N–H and O–H groups in total. The molecule has 0 bridgehead atoms. The zero-order chi connectivity index (χ0) is 13.0. The van der Waals surface area contributed by atoms with Crippen molar-refractivity contribution in [2.24, 2.45) is 0 Å². The Morgan fingerprint density at radius 2 is 2.39 bits per heavy atom.